The largest absolute Gasteiger partial charge is 0.472 e. The van der Waals surface area contributed by atoms with Gasteiger partial charge >= 0.3 is 0 Å². The SMILES string of the molecule is CC(C)Oc1nccnc1N1CCN(c2ccc(CN(C)C)cn2)CC1. The van der Waals surface area contributed by atoms with Crippen LogP contribution in [-0.2, 0) is 6.54 Å². The smallest absolute Gasteiger partial charge is 0.257 e. The van der Waals surface area contributed by atoms with Gasteiger partial charge in [0.2, 0.25) is 0 Å². The van der Waals surface area contributed by atoms with Crippen molar-refractivity contribution < 1.29 is 4.74 Å². The van der Waals surface area contributed by atoms with Crippen LogP contribution in [0.3, 0.4) is 0 Å². The third-order valence-corrected chi connectivity index (χ3v) is 4.21. The maximum atomic E-state index is 5.81. The van der Waals surface area contributed by atoms with Crippen molar-refractivity contribution in [2.75, 3.05) is 50.1 Å². The van der Waals surface area contributed by atoms with Crippen LogP contribution in [0.1, 0.15) is 19.4 Å². The first kappa shape index (κ1) is 18.4. The molecular weight excluding hydrogens is 328 g/mol. The number of piperazine rings is 1. The van der Waals surface area contributed by atoms with E-state index in [1.807, 2.05) is 20.0 Å². The molecule has 1 aliphatic heterocycles. The average molecular weight is 356 g/mol. The van der Waals surface area contributed by atoms with E-state index >= 15 is 0 Å². The third-order valence-electron chi connectivity index (χ3n) is 4.21. The number of rotatable bonds is 6. The van der Waals surface area contributed by atoms with Gasteiger partial charge in [-0.1, -0.05) is 6.07 Å². The molecule has 0 atom stereocenters. The normalized spacial score (nSPS) is 15.0. The van der Waals surface area contributed by atoms with Crippen LogP contribution >= 0.6 is 0 Å². The Labute approximate surface area is 155 Å². The lowest BCUT2D eigenvalue weighted by molar-refractivity contribution is 0.232. The fourth-order valence-electron chi connectivity index (χ4n) is 3.05. The van der Waals surface area contributed by atoms with E-state index in [4.69, 9.17) is 4.74 Å². The van der Waals surface area contributed by atoms with Crippen LogP contribution in [0.5, 0.6) is 5.88 Å². The third kappa shape index (κ3) is 4.60. The van der Waals surface area contributed by atoms with E-state index in [1.165, 1.54) is 5.56 Å². The van der Waals surface area contributed by atoms with Crippen molar-refractivity contribution >= 4 is 11.6 Å². The lowest BCUT2D eigenvalue weighted by atomic mass is 10.2. The Bertz CT molecular complexity index is 695. The van der Waals surface area contributed by atoms with Gasteiger partial charge in [-0.25, -0.2) is 15.0 Å². The molecule has 2 aromatic rings. The summed E-state index contributed by atoms with van der Waals surface area (Å²) in [5.41, 5.74) is 1.23. The molecule has 3 rings (SSSR count). The summed E-state index contributed by atoms with van der Waals surface area (Å²) < 4.78 is 5.81. The quantitative estimate of drug-likeness (QED) is 0.785. The van der Waals surface area contributed by atoms with Gasteiger partial charge in [0.15, 0.2) is 5.82 Å². The standard InChI is InChI=1S/C19H28N6O/c1-15(2)26-19-18(20-7-8-21-19)25-11-9-24(10-12-25)17-6-5-16(13-22-17)14-23(3)4/h5-8,13,15H,9-12,14H2,1-4H3. The van der Waals surface area contributed by atoms with Gasteiger partial charge < -0.3 is 19.4 Å². The lowest BCUT2D eigenvalue weighted by Crippen LogP contribution is -2.47. The van der Waals surface area contributed by atoms with Crippen LogP contribution < -0.4 is 14.5 Å². The summed E-state index contributed by atoms with van der Waals surface area (Å²) >= 11 is 0. The summed E-state index contributed by atoms with van der Waals surface area (Å²) in [5.74, 6) is 2.47. The highest BCUT2D eigenvalue weighted by Gasteiger charge is 2.22. The Kier molecular flexibility index (Phi) is 5.88. The van der Waals surface area contributed by atoms with E-state index in [1.54, 1.807) is 12.4 Å². The molecule has 0 bridgehead atoms. The zero-order valence-electron chi connectivity index (χ0n) is 16.1. The van der Waals surface area contributed by atoms with E-state index in [0.717, 1.165) is 44.4 Å². The first-order valence-electron chi connectivity index (χ1n) is 9.10. The van der Waals surface area contributed by atoms with E-state index in [0.29, 0.717) is 5.88 Å². The van der Waals surface area contributed by atoms with Gasteiger partial charge in [0.05, 0.1) is 6.10 Å². The van der Waals surface area contributed by atoms with E-state index in [2.05, 4.69) is 55.9 Å². The van der Waals surface area contributed by atoms with Crippen LogP contribution in [0.15, 0.2) is 30.7 Å². The summed E-state index contributed by atoms with van der Waals surface area (Å²) in [6.07, 6.45) is 5.45. The lowest BCUT2D eigenvalue weighted by Gasteiger charge is -2.36. The van der Waals surface area contributed by atoms with Crippen molar-refractivity contribution in [1.29, 1.82) is 0 Å². The minimum atomic E-state index is 0.0802. The summed E-state index contributed by atoms with van der Waals surface area (Å²) in [7, 11) is 4.13. The number of aromatic nitrogens is 3. The van der Waals surface area contributed by atoms with Gasteiger partial charge in [0, 0.05) is 51.3 Å². The Morgan fingerprint density at radius 2 is 1.69 bits per heavy atom. The highest BCUT2D eigenvalue weighted by molar-refractivity contribution is 5.50. The molecule has 0 saturated carbocycles. The first-order valence-corrected chi connectivity index (χ1v) is 9.10. The highest BCUT2D eigenvalue weighted by atomic mass is 16.5. The zero-order chi connectivity index (χ0) is 18.5. The van der Waals surface area contributed by atoms with Crippen molar-refractivity contribution in [3.63, 3.8) is 0 Å². The van der Waals surface area contributed by atoms with Crippen molar-refractivity contribution in [2.45, 2.75) is 26.5 Å². The molecule has 0 radical (unpaired) electrons. The molecule has 1 aliphatic rings. The number of nitrogens with zero attached hydrogens (tertiary/aromatic N) is 6. The number of hydrogen-bond donors (Lipinski definition) is 0. The van der Waals surface area contributed by atoms with Crippen molar-refractivity contribution in [3.8, 4) is 5.88 Å². The van der Waals surface area contributed by atoms with Gasteiger partial charge in [-0.15, -0.1) is 0 Å². The first-order chi connectivity index (χ1) is 12.5. The van der Waals surface area contributed by atoms with Gasteiger partial charge in [-0.05, 0) is 39.6 Å². The summed E-state index contributed by atoms with van der Waals surface area (Å²) in [5, 5.41) is 0. The monoisotopic (exact) mass is 356 g/mol. The summed E-state index contributed by atoms with van der Waals surface area (Å²) in [6, 6.07) is 4.27. The highest BCUT2D eigenvalue weighted by Crippen LogP contribution is 2.25. The minimum Gasteiger partial charge on any atom is -0.472 e. The zero-order valence-corrected chi connectivity index (χ0v) is 16.1. The second kappa shape index (κ2) is 8.31. The Morgan fingerprint density at radius 3 is 2.31 bits per heavy atom. The van der Waals surface area contributed by atoms with Gasteiger partial charge in [-0.2, -0.15) is 0 Å². The predicted octanol–water partition coefficient (Wildman–Crippen LogP) is 2.05. The number of ether oxygens (including phenoxy) is 1. The van der Waals surface area contributed by atoms with Crippen molar-refractivity contribution in [3.05, 3.63) is 36.3 Å². The molecule has 0 unspecified atom stereocenters. The van der Waals surface area contributed by atoms with Crippen LogP contribution in [-0.4, -0.2) is 66.2 Å². The van der Waals surface area contributed by atoms with Gasteiger partial charge in [0.1, 0.15) is 5.82 Å². The molecule has 0 spiro atoms. The molecule has 7 heteroatoms. The van der Waals surface area contributed by atoms with Crippen molar-refractivity contribution in [2.24, 2.45) is 0 Å². The molecule has 26 heavy (non-hydrogen) atoms. The van der Waals surface area contributed by atoms with Gasteiger partial charge in [0.25, 0.3) is 5.88 Å². The molecule has 1 fully saturated rings. The Hall–Kier alpha value is -2.41. The molecule has 3 heterocycles. The maximum Gasteiger partial charge on any atom is 0.257 e. The molecule has 2 aromatic heterocycles. The van der Waals surface area contributed by atoms with E-state index in [9.17, 15) is 0 Å². The molecule has 0 amide bonds. The minimum absolute atomic E-state index is 0.0802. The topological polar surface area (TPSA) is 57.6 Å². The van der Waals surface area contributed by atoms with E-state index < -0.39 is 0 Å². The number of hydrogen-bond acceptors (Lipinski definition) is 7. The Balaban J connectivity index is 1.63. The molecule has 0 aromatic carbocycles. The molecule has 140 valence electrons. The van der Waals surface area contributed by atoms with Crippen LogP contribution in [0.25, 0.3) is 0 Å². The molecule has 7 nitrogen and oxygen atoms in total. The summed E-state index contributed by atoms with van der Waals surface area (Å²) in [4.78, 5) is 20.2. The van der Waals surface area contributed by atoms with E-state index in [-0.39, 0.29) is 6.10 Å². The predicted molar refractivity (Wildman–Crippen MR) is 104 cm³/mol. The average Bonchev–Trinajstić information content (AvgIpc) is 2.62. The second-order valence-electron chi connectivity index (χ2n) is 7.09. The number of pyridine rings is 1. The fourth-order valence-corrected chi connectivity index (χ4v) is 3.05. The molecule has 0 N–H and O–H groups in total. The van der Waals surface area contributed by atoms with Crippen LogP contribution in [0.2, 0.25) is 0 Å². The molecular formula is C19H28N6O. The summed E-state index contributed by atoms with van der Waals surface area (Å²) in [6.45, 7) is 8.45. The second-order valence-corrected chi connectivity index (χ2v) is 7.09. The van der Waals surface area contributed by atoms with Crippen molar-refractivity contribution in [1.82, 2.24) is 19.9 Å². The molecule has 1 saturated heterocycles. The Morgan fingerprint density at radius 1 is 1.00 bits per heavy atom. The fraction of sp³-hybridized carbons (Fsp3) is 0.526. The van der Waals surface area contributed by atoms with Gasteiger partial charge in [-0.3, -0.25) is 0 Å². The van der Waals surface area contributed by atoms with Crippen LogP contribution in [0.4, 0.5) is 11.6 Å². The molecule has 0 aliphatic carbocycles. The maximum absolute atomic E-state index is 5.81. The van der Waals surface area contributed by atoms with Crippen LogP contribution in [0, 0.1) is 0 Å². The number of anilines is 2.